The molecule has 1 heterocycles. The Morgan fingerprint density at radius 3 is 2.39 bits per heavy atom. The van der Waals surface area contributed by atoms with E-state index in [1.807, 2.05) is 0 Å². The Balaban J connectivity index is 1.72. The molecule has 0 aliphatic carbocycles. The summed E-state index contributed by atoms with van der Waals surface area (Å²) in [7, 11) is 0. The predicted octanol–water partition coefficient (Wildman–Crippen LogP) is 0.509. The summed E-state index contributed by atoms with van der Waals surface area (Å²) in [5, 5.41) is 17.3. The van der Waals surface area contributed by atoms with Gasteiger partial charge in [0, 0.05) is 18.8 Å². The van der Waals surface area contributed by atoms with Gasteiger partial charge in [-0.2, -0.15) is 0 Å². The molecule has 13 heteroatoms. The van der Waals surface area contributed by atoms with Gasteiger partial charge < -0.3 is 27.4 Å². The summed E-state index contributed by atoms with van der Waals surface area (Å²) in [4.78, 5) is 31.1. The minimum Gasteiger partial charge on any atom is -0.382 e. The first-order valence-electron chi connectivity index (χ1n) is 7.79. The summed E-state index contributed by atoms with van der Waals surface area (Å²) >= 11 is 5.70. The van der Waals surface area contributed by atoms with E-state index in [1.54, 1.807) is 0 Å². The van der Waals surface area contributed by atoms with E-state index >= 15 is 0 Å². The monoisotopic (exact) mass is 409 g/mol. The van der Waals surface area contributed by atoms with Gasteiger partial charge in [0.1, 0.15) is 5.82 Å². The first-order chi connectivity index (χ1) is 13.3. The second kappa shape index (κ2) is 9.32. The van der Waals surface area contributed by atoms with E-state index in [4.69, 9.17) is 28.5 Å². The molecule has 0 fully saturated rings. The molecule has 9 N–H and O–H groups in total. The van der Waals surface area contributed by atoms with Gasteiger partial charge in [0.15, 0.2) is 28.4 Å². The second-order valence-electron chi connectivity index (χ2n) is 5.28. The van der Waals surface area contributed by atoms with Crippen LogP contribution in [0.5, 0.6) is 0 Å². The molecule has 11 nitrogen and oxygen atoms in total. The van der Waals surface area contributed by atoms with Crippen molar-refractivity contribution in [2.45, 2.75) is 0 Å². The maximum atomic E-state index is 12.8. The molecule has 0 atom stereocenters. The number of guanidine groups is 1. The molecule has 1 aromatic carbocycles. The average Bonchev–Trinajstić information content (AvgIpc) is 2.63. The number of nitrogens with two attached hydrogens (primary N) is 2. The van der Waals surface area contributed by atoms with Gasteiger partial charge in [-0.05, 0) is 24.3 Å². The molecule has 0 saturated heterocycles. The highest BCUT2D eigenvalue weighted by molar-refractivity contribution is 6.31. The summed E-state index contributed by atoms with van der Waals surface area (Å²) in [6.07, 6.45) is 0. The lowest BCUT2D eigenvalue weighted by Gasteiger charge is -2.11. The zero-order valence-corrected chi connectivity index (χ0v) is 15.1. The van der Waals surface area contributed by atoms with Crippen molar-refractivity contribution in [1.29, 1.82) is 5.41 Å². The van der Waals surface area contributed by atoms with Gasteiger partial charge >= 0.3 is 6.03 Å². The van der Waals surface area contributed by atoms with Crippen molar-refractivity contribution in [3.63, 3.8) is 0 Å². The van der Waals surface area contributed by atoms with Crippen molar-refractivity contribution in [3.05, 3.63) is 40.9 Å². The minimum absolute atomic E-state index is 0.117. The highest BCUT2D eigenvalue weighted by Gasteiger charge is 2.17. The van der Waals surface area contributed by atoms with Gasteiger partial charge in [0.2, 0.25) is 0 Å². The fourth-order valence-corrected chi connectivity index (χ4v) is 2.02. The third-order valence-electron chi connectivity index (χ3n) is 3.17. The number of nitrogen functional groups attached to an aromatic ring is 2. The Morgan fingerprint density at radius 1 is 1.07 bits per heavy atom. The summed E-state index contributed by atoms with van der Waals surface area (Å²) in [6, 6.07) is 4.75. The number of carbonyl (C=O) groups is 2. The molecule has 0 spiro atoms. The topological polar surface area (TPSA) is 184 Å². The standard InChI is InChI=1S/C15H17ClFN9O2/c16-10-12(19)25-11(18)9(24-10)13(27)26-14(20)21-5-6-22-15(28)23-8-3-1-7(17)2-4-8/h1-4H,5-6H2,(H4,18,19,25)(H2,22,23,28)(H3,20,21,26,27). The Hall–Kier alpha value is -3.67. The summed E-state index contributed by atoms with van der Waals surface area (Å²) < 4.78 is 12.8. The van der Waals surface area contributed by atoms with Crippen LogP contribution in [0.15, 0.2) is 24.3 Å². The second-order valence-corrected chi connectivity index (χ2v) is 5.64. The molecule has 0 unspecified atom stereocenters. The lowest BCUT2D eigenvalue weighted by molar-refractivity contribution is 0.0971. The maximum Gasteiger partial charge on any atom is 0.319 e. The molecular weight excluding hydrogens is 393 g/mol. The Morgan fingerprint density at radius 2 is 1.71 bits per heavy atom. The highest BCUT2D eigenvalue weighted by atomic mass is 35.5. The lowest BCUT2D eigenvalue weighted by Crippen LogP contribution is -2.44. The van der Waals surface area contributed by atoms with E-state index in [1.165, 1.54) is 24.3 Å². The third kappa shape index (κ3) is 5.95. The fraction of sp³-hybridized carbons (Fsp3) is 0.133. The normalized spacial score (nSPS) is 10.1. The van der Waals surface area contributed by atoms with E-state index < -0.39 is 17.8 Å². The van der Waals surface area contributed by atoms with Gasteiger partial charge in [-0.25, -0.2) is 19.2 Å². The zero-order valence-electron chi connectivity index (χ0n) is 14.3. The van der Waals surface area contributed by atoms with Crippen LogP contribution in [0.2, 0.25) is 5.15 Å². The van der Waals surface area contributed by atoms with E-state index in [0.29, 0.717) is 5.69 Å². The van der Waals surface area contributed by atoms with Gasteiger partial charge in [-0.15, -0.1) is 0 Å². The largest absolute Gasteiger partial charge is 0.382 e. The molecule has 0 saturated carbocycles. The highest BCUT2D eigenvalue weighted by Crippen LogP contribution is 2.17. The summed E-state index contributed by atoms with van der Waals surface area (Å²) in [5.41, 5.74) is 11.1. The first-order valence-corrected chi connectivity index (χ1v) is 8.16. The van der Waals surface area contributed by atoms with Crippen LogP contribution < -0.4 is 32.7 Å². The molecule has 148 valence electrons. The molecule has 0 bridgehead atoms. The third-order valence-corrected chi connectivity index (χ3v) is 3.45. The summed E-state index contributed by atoms with van der Waals surface area (Å²) in [6.45, 7) is 0.278. The van der Waals surface area contributed by atoms with Crippen LogP contribution in [0, 0.1) is 11.2 Å². The van der Waals surface area contributed by atoms with Gasteiger partial charge in [0.25, 0.3) is 5.91 Å². The van der Waals surface area contributed by atoms with Gasteiger partial charge in [-0.3, -0.25) is 15.5 Å². The van der Waals surface area contributed by atoms with Crippen molar-refractivity contribution in [1.82, 2.24) is 25.9 Å². The van der Waals surface area contributed by atoms with Crippen molar-refractivity contribution >= 4 is 46.8 Å². The van der Waals surface area contributed by atoms with E-state index in [0.717, 1.165) is 0 Å². The number of rotatable bonds is 5. The quantitative estimate of drug-likeness (QED) is 0.213. The van der Waals surface area contributed by atoms with E-state index in [9.17, 15) is 14.0 Å². The number of nitrogens with one attached hydrogen (secondary N) is 5. The van der Waals surface area contributed by atoms with E-state index in [-0.39, 0.29) is 41.5 Å². The number of halogens is 2. The van der Waals surface area contributed by atoms with Crippen molar-refractivity contribution in [3.8, 4) is 0 Å². The van der Waals surface area contributed by atoms with Gasteiger partial charge in [0.05, 0.1) is 0 Å². The number of hydrogen-bond acceptors (Lipinski definition) is 7. The van der Waals surface area contributed by atoms with Crippen LogP contribution >= 0.6 is 11.6 Å². The molecule has 0 radical (unpaired) electrons. The maximum absolute atomic E-state index is 12.8. The van der Waals surface area contributed by atoms with Crippen LogP contribution in [0.3, 0.4) is 0 Å². The zero-order chi connectivity index (χ0) is 20.7. The SMILES string of the molecule is N=C(NCCNC(=O)Nc1ccc(F)cc1)NC(=O)c1nc(Cl)c(N)nc1N. The van der Waals surface area contributed by atoms with E-state index in [2.05, 4.69) is 31.2 Å². The molecule has 0 aliphatic rings. The molecular formula is C15H17ClFN9O2. The smallest absolute Gasteiger partial charge is 0.319 e. The number of benzene rings is 1. The number of anilines is 3. The number of urea groups is 1. The lowest BCUT2D eigenvalue weighted by atomic mass is 10.3. The molecule has 2 aromatic rings. The first kappa shape index (κ1) is 20.6. The molecule has 0 aliphatic heterocycles. The average molecular weight is 410 g/mol. The summed E-state index contributed by atoms with van der Waals surface area (Å²) in [5.74, 6) is -1.91. The van der Waals surface area contributed by atoms with Crippen molar-refractivity contribution < 1.29 is 14.0 Å². The number of carbonyl (C=O) groups excluding carboxylic acids is 2. The molecule has 1 aromatic heterocycles. The van der Waals surface area contributed by atoms with Crippen LogP contribution in [-0.2, 0) is 0 Å². The number of nitrogens with zero attached hydrogens (tertiary/aromatic N) is 2. The number of amides is 3. The molecule has 2 rings (SSSR count). The Kier molecular flexibility index (Phi) is 6.87. The molecule has 28 heavy (non-hydrogen) atoms. The Labute approximate surface area is 163 Å². The van der Waals surface area contributed by atoms with Crippen molar-refractivity contribution in [2.75, 3.05) is 29.9 Å². The molecule has 3 amide bonds. The van der Waals surface area contributed by atoms with Crippen LogP contribution in [0.4, 0.5) is 26.5 Å². The van der Waals surface area contributed by atoms with Crippen LogP contribution in [-0.4, -0.2) is 41.0 Å². The van der Waals surface area contributed by atoms with Crippen molar-refractivity contribution in [2.24, 2.45) is 0 Å². The fourth-order valence-electron chi connectivity index (χ4n) is 1.90. The predicted molar refractivity (Wildman–Crippen MR) is 102 cm³/mol. The number of hydrogen-bond donors (Lipinski definition) is 7. The van der Waals surface area contributed by atoms with Crippen LogP contribution in [0.25, 0.3) is 0 Å². The van der Waals surface area contributed by atoms with Gasteiger partial charge in [-0.1, -0.05) is 11.6 Å². The Bertz CT molecular complexity index is 892. The van der Waals surface area contributed by atoms with Crippen LogP contribution in [0.1, 0.15) is 10.5 Å². The minimum atomic E-state index is -0.800. The number of aromatic nitrogens is 2.